The summed E-state index contributed by atoms with van der Waals surface area (Å²) < 4.78 is 5.25. The lowest BCUT2D eigenvalue weighted by atomic mass is 10.0. The summed E-state index contributed by atoms with van der Waals surface area (Å²) in [5, 5.41) is 6.17. The Kier molecular flexibility index (Phi) is 7.13. The molecule has 0 bridgehead atoms. The first-order valence-electron chi connectivity index (χ1n) is 8.17. The van der Waals surface area contributed by atoms with Gasteiger partial charge >= 0.3 is 6.09 Å². The van der Waals surface area contributed by atoms with Crippen molar-refractivity contribution < 1.29 is 14.3 Å². The Labute approximate surface area is 134 Å². The summed E-state index contributed by atoms with van der Waals surface area (Å²) >= 11 is 0. The van der Waals surface area contributed by atoms with Gasteiger partial charge in [0, 0.05) is 26.2 Å². The number of carbonyl (C=O) groups is 2. The van der Waals surface area contributed by atoms with Gasteiger partial charge < -0.3 is 20.3 Å². The molecule has 0 radical (unpaired) electrons. The van der Waals surface area contributed by atoms with Crippen molar-refractivity contribution >= 4 is 12.0 Å². The highest BCUT2D eigenvalue weighted by Crippen LogP contribution is 2.25. The molecule has 2 unspecified atom stereocenters. The standard InChI is InChI=1S/C16H31N3O3/c1-6-19(5)14(20)11-17-13-9-7-8-12(13)10-18-15(21)22-16(2,3)4/h12-13,17H,6-11H2,1-5H3,(H,18,21). The minimum absolute atomic E-state index is 0.105. The van der Waals surface area contributed by atoms with Crippen molar-refractivity contribution in [3.05, 3.63) is 0 Å². The van der Waals surface area contributed by atoms with Crippen LogP contribution in [0.4, 0.5) is 4.79 Å². The molecule has 1 aliphatic carbocycles. The van der Waals surface area contributed by atoms with Gasteiger partial charge in [-0.1, -0.05) is 6.42 Å². The van der Waals surface area contributed by atoms with Gasteiger partial charge in [0.1, 0.15) is 5.60 Å². The maximum Gasteiger partial charge on any atom is 0.407 e. The molecule has 2 atom stereocenters. The first kappa shape index (κ1) is 18.7. The summed E-state index contributed by atoms with van der Waals surface area (Å²) in [6.07, 6.45) is 2.85. The third-order valence-corrected chi connectivity index (χ3v) is 3.98. The summed E-state index contributed by atoms with van der Waals surface area (Å²) in [5.41, 5.74) is -0.478. The number of ether oxygens (including phenoxy) is 1. The highest BCUT2D eigenvalue weighted by Gasteiger charge is 2.28. The Balaban J connectivity index is 2.34. The topological polar surface area (TPSA) is 70.7 Å². The molecule has 0 aromatic carbocycles. The highest BCUT2D eigenvalue weighted by molar-refractivity contribution is 5.77. The van der Waals surface area contributed by atoms with Gasteiger partial charge in [-0.3, -0.25) is 4.79 Å². The first-order chi connectivity index (χ1) is 10.2. The SMILES string of the molecule is CCN(C)C(=O)CNC1CCCC1CNC(=O)OC(C)(C)C. The van der Waals surface area contributed by atoms with E-state index in [9.17, 15) is 9.59 Å². The zero-order valence-electron chi connectivity index (χ0n) is 14.6. The fourth-order valence-corrected chi connectivity index (χ4v) is 2.61. The summed E-state index contributed by atoms with van der Waals surface area (Å²) in [6, 6.07) is 0.282. The predicted octanol–water partition coefficient (Wildman–Crippen LogP) is 1.75. The minimum atomic E-state index is -0.478. The van der Waals surface area contributed by atoms with Crippen LogP contribution in [-0.4, -0.2) is 55.2 Å². The Morgan fingerprint density at radius 1 is 1.27 bits per heavy atom. The molecule has 0 aliphatic heterocycles. The summed E-state index contributed by atoms with van der Waals surface area (Å²) in [6.45, 7) is 9.17. The third-order valence-electron chi connectivity index (χ3n) is 3.98. The van der Waals surface area contributed by atoms with Crippen molar-refractivity contribution in [2.45, 2.75) is 58.6 Å². The van der Waals surface area contributed by atoms with Crippen molar-refractivity contribution in [2.75, 3.05) is 26.7 Å². The van der Waals surface area contributed by atoms with Crippen molar-refractivity contribution in [1.82, 2.24) is 15.5 Å². The molecule has 0 aromatic rings. The molecule has 1 fully saturated rings. The second kappa shape index (κ2) is 8.36. The zero-order chi connectivity index (χ0) is 16.8. The van der Waals surface area contributed by atoms with Crippen molar-refractivity contribution in [3.8, 4) is 0 Å². The largest absolute Gasteiger partial charge is 0.444 e. The van der Waals surface area contributed by atoms with E-state index in [4.69, 9.17) is 4.74 Å². The number of amides is 2. The number of alkyl carbamates (subject to hydrolysis) is 1. The molecule has 0 spiro atoms. The van der Waals surface area contributed by atoms with Crippen LogP contribution in [0.2, 0.25) is 0 Å². The van der Waals surface area contributed by atoms with E-state index in [0.29, 0.717) is 19.0 Å². The molecular weight excluding hydrogens is 282 g/mol. The molecule has 128 valence electrons. The molecule has 22 heavy (non-hydrogen) atoms. The molecule has 0 saturated heterocycles. The van der Waals surface area contributed by atoms with Gasteiger partial charge in [-0.05, 0) is 46.5 Å². The summed E-state index contributed by atoms with van der Waals surface area (Å²) in [4.78, 5) is 25.2. The number of nitrogens with zero attached hydrogens (tertiary/aromatic N) is 1. The van der Waals surface area contributed by atoms with Gasteiger partial charge in [-0.15, -0.1) is 0 Å². The van der Waals surface area contributed by atoms with E-state index in [0.717, 1.165) is 25.8 Å². The fraction of sp³-hybridized carbons (Fsp3) is 0.875. The van der Waals surface area contributed by atoms with Crippen LogP contribution in [0.5, 0.6) is 0 Å². The molecular formula is C16H31N3O3. The van der Waals surface area contributed by atoms with E-state index >= 15 is 0 Å². The Morgan fingerprint density at radius 3 is 2.55 bits per heavy atom. The Morgan fingerprint density at radius 2 is 1.95 bits per heavy atom. The van der Waals surface area contributed by atoms with Crippen molar-refractivity contribution in [2.24, 2.45) is 5.92 Å². The average Bonchev–Trinajstić information content (AvgIpc) is 2.87. The van der Waals surface area contributed by atoms with E-state index in [1.807, 2.05) is 27.7 Å². The first-order valence-corrected chi connectivity index (χ1v) is 8.17. The molecule has 0 aromatic heterocycles. The lowest BCUT2D eigenvalue weighted by Crippen LogP contribution is -2.44. The minimum Gasteiger partial charge on any atom is -0.444 e. The molecule has 6 heteroatoms. The molecule has 2 N–H and O–H groups in total. The van der Waals surface area contributed by atoms with E-state index in [-0.39, 0.29) is 18.0 Å². The van der Waals surface area contributed by atoms with E-state index in [1.165, 1.54) is 0 Å². The van der Waals surface area contributed by atoms with Crippen LogP contribution in [-0.2, 0) is 9.53 Å². The number of nitrogens with one attached hydrogen (secondary N) is 2. The van der Waals surface area contributed by atoms with E-state index < -0.39 is 5.60 Å². The molecule has 1 rings (SSSR count). The normalized spacial score (nSPS) is 21.5. The number of hydrogen-bond donors (Lipinski definition) is 2. The average molecular weight is 313 g/mol. The van der Waals surface area contributed by atoms with Gasteiger partial charge in [-0.25, -0.2) is 4.79 Å². The Bertz CT molecular complexity index is 379. The lowest BCUT2D eigenvalue weighted by Gasteiger charge is -2.24. The van der Waals surface area contributed by atoms with Gasteiger partial charge in [-0.2, -0.15) is 0 Å². The second-order valence-electron chi connectivity index (χ2n) is 6.97. The van der Waals surface area contributed by atoms with Gasteiger partial charge in [0.2, 0.25) is 5.91 Å². The van der Waals surface area contributed by atoms with Crippen LogP contribution < -0.4 is 10.6 Å². The number of hydrogen-bond acceptors (Lipinski definition) is 4. The van der Waals surface area contributed by atoms with Crippen LogP contribution in [0.1, 0.15) is 47.0 Å². The molecule has 2 amide bonds. The van der Waals surface area contributed by atoms with E-state index in [1.54, 1.807) is 11.9 Å². The summed E-state index contributed by atoms with van der Waals surface area (Å²) in [7, 11) is 1.81. The number of rotatable bonds is 6. The maximum atomic E-state index is 11.8. The smallest absolute Gasteiger partial charge is 0.407 e. The number of likely N-dealkylation sites (N-methyl/N-ethyl adjacent to an activating group) is 1. The zero-order valence-corrected chi connectivity index (χ0v) is 14.6. The van der Waals surface area contributed by atoms with Crippen LogP contribution in [0, 0.1) is 5.92 Å². The number of carbonyl (C=O) groups excluding carboxylic acids is 2. The second-order valence-corrected chi connectivity index (χ2v) is 6.97. The van der Waals surface area contributed by atoms with Crippen LogP contribution in [0.3, 0.4) is 0 Å². The van der Waals surface area contributed by atoms with E-state index in [2.05, 4.69) is 10.6 Å². The predicted molar refractivity (Wildman–Crippen MR) is 86.7 cm³/mol. The van der Waals surface area contributed by atoms with Crippen LogP contribution in [0.25, 0.3) is 0 Å². The van der Waals surface area contributed by atoms with Gasteiger partial charge in [0.15, 0.2) is 0 Å². The van der Waals surface area contributed by atoms with Crippen molar-refractivity contribution in [1.29, 1.82) is 0 Å². The van der Waals surface area contributed by atoms with Crippen LogP contribution >= 0.6 is 0 Å². The Hall–Kier alpha value is -1.30. The maximum absolute atomic E-state index is 11.8. The highest BCUT2D eigenvalue weighted by atomic mass is 16.6. The fourth-order valence-electron chi connectivity index (χ4n) is 2.61. The molecule has 1 saturated carbocycles. The molecule has 6 nitrogen and oxygen atoms in total. The molecule has 1 aliphatic rings. The quantitative estimate of drug-likeness (QED) is 0.784. The van der Waals surface area contributed by atoms with Crippen molar-refractivity contribution in [3.63, 3.8) is 0 Å². The monoisotopic (exact) mass is 313 g/mol. The van der Waals surface area contributed by atoms with Crippen LogP contribution in [0.15, 0.2) is 0 Å². The van der Waals surface area contributed by atoms with Gasteiger partial charge in [0.05, 0.1) is 6.54 Å². The van der Waals surface area contributed by atoms with Gasteiger partial charge in [0.25, 0.3) is 0 Å². The summed E-state index contributed by atoms with van der Waals surface area (Å²) in [5.74, 6) is 0.459. The lowest BCUT2D eigenvalue weighted by molar-refractivity contribution is -0.128. The molecule has 0 heterocycles. The third kappa shape index (κ3) is 6.64.